The molecule has 2 saturated carbocycles. The molecule has 1 aromatic heterocycles. The van der Waals surface area contributed by atoms with Crippen LogP contribution in [0.2, 0.25) is 0 Å². The highest BCUT2D eigenvalue weighted by Gasteiger charge is 2.71. The molecule has 1 aromatic rings. The molecule has 10 aliphatic rings. The second kappa shape index (κ2) is 10.1. The van der Waals surface area contributed by atoms with Crippen molar-refractivity contribution in [1.82, 2.24) is 15.0 Å². The van der Waals surface area contributed by atoms with Crippen molar-refractivity contribution in [2.45, 2.75) is 147 Å². The van der Waals surface area contributed by atoms with Crippen LogP contribution in [0.25, 0.3) is 0 Å². The summed E-state index contributed by atoms with van der Waals surface area (Å²) in [5.74, 6) is 0.665. The second-order valence-electron chi connectivity index (χ2n) is 16.1. The van der Waals surface area contributed by atoms with Crippen molar-refractivity contribution in [3.8, 4) is 0 Å². The summed E-state index contributed by atoms with van der Waals surface area (Å²) in [7, 11) is 0. The molecule has 9 heterocycles. The molecular formula is C33H49N3O9. The van der Waals surface area contributed by atoms with Crippen LogP contribution in [0.15, 0.2) is 6.20 Å². The lowest BCUT2D eigenvalue weighted by Crippen LogP contribution is -2.70. The van der Waals surface area contributed by atoms with Crippen molar-refractivity contribution in [2.24, 2.45) is 47.3 Å². The van der Waals surface area contributed by atoms with Crippen LogP contribution in [0.4, 0.5) is 0 Å². The molecule has 12 heteroatoms. The maximum atomic E-state index is 6.76. The molecule has 11 rings (SSSR count). The zero-order chi connectivity index (χ0) is 30.9. The van der Waals surface area contributed by atoms with Crippen LogP contribution in [-0.4, -0.2) is 56.6 Å². The molecule has 10 fully saturated rings. The Labute approximate surface area is 264 Å². The van der Waals surface area contributed by atoms with Crippen molar-refractivity contribution in [2.75, 3.05) is 0 Å². The van der Waals surface area contributed by atoms with Gasteiger partial charge in [0.05, 0.1) is 12.8 Å². The zero-order valence-electron chi connectivity index (χ0n) is 27.4. The van der Waals surface area contributed by atoms with Crippen LogP contribution in [0, 0.1) is 47.3 Å². The van der Waals surface area contributed by atoms with E-state index in [1.165, 1.54) is 0 Å². The minimum absolute atomic E-state index is 0.0897. The molecule has 12 nitrogen and oxygen atoms in total. The fourth-order valence-corrected chi connectivity index (χ4v) is 10.9. The standard InChI is InChI=1S/C33H49N3O9/c1-17-7-9-24-19(3)26(38-28-32(24)22(17)11-13-30(5,40-28)42-44-32)36-15-21(34-35-36)16-37-27-20(4)25-10-8-18(2)23-12-14-31(6)41-29(39-27)33(23,25)45-43-31/h15,17-20,22-29H,7-14,16H2,1-6H3/t17-,18-,19-,20-,22+,23+,24+,25+,26?,27-,28-,29-,30+,31+,32-,33-/m1/s1. The fraction of sp³-hybridized carbons (Fsp3) is 0.939. The molecule has 16 atom stereocenters. The van der Waals surface area contributed by atoms with Crippen LogP contribution in [0.3, 0.4) is 0 Å². The molecule has 8 saturated heterocycles. The topological polar surface area (TPSA) is 114 Å². The normalized spacial score (nSPS) is 56.7. The van der Waals surface area contributed by atoms with Crippen LogP contribution in [0.1, 0.15) is 105 Å². The van der Waals surface area contributed by atoms with Crippen LogP contribution < -0.4 is 0 Å². The van der Waals surface area contributed by atoms with Gasteiger partial charge in [-0.15, -0.1) is 5.10 Å². The quantitative estimate of drug-likeness (QED) is 0.399. The number of hydrogen-bond donors (Lipinski definition) is 0. The Kier molecular flexibility index (Phi) is 6.74. The first kappa shape index (κ1) is 29.9. The monoisotopic (exact) mass is 631 g/mol. The third kappa shape index (κ3) is 4.16. The van der Waals surface area contributed by atoms with E-state index in [4.69, 9.17) is 43.2 Å². The third-order valence-corrected chi connectivity index (χ3v) is 13.4. The predicted octanol–water partition coefficient (Wildman–Crippen LogP) is 5.38. The number of hydrogen-bond acceptors (Lipinski definition) is 11. The van der Waals surface area contributed by atoms with E-state index in [1.54, 1.807) is 0 Å². The van der Waals surface area contributed by atoms with Gasteiger partial charge < -0.3 is 23.7 Å². The SMILES string of the molecule is C[C@H]1[C@H](OCc2cn(C3O[C@@H]4O[C@]5(C)CC[C@H]6[C@H](C)CC[C@@H]([C@H]3C)[C@@]46OO5)nn2)O[C@@H]2O[C@]3(C)CC[C@H]4[C@H](C)CC[C@@H]1[C@@]24OO3. The highest BCUT2D eigenvalue weighted by atomic mass is 17.3. The number of fused-ring (bicyclic) bond motifs is 4. The van der Waals surface area contributed by atoms with Crippen molar-refractivity contribution in [1.29, 1.82) is 0 Å². The third-order valence-electron chi connectivity index (χ3n) is 13.4. The van der Waals surface area contributed by atoms with Crippen molar-refractivity contribution in [3.05, 3.63) is 11.9 Å². The van der Waals surface area contributed by atoms with Gasteiger partial charge in [-0.3, -0.25) is 0 Å². The summed E-state index contributed by atoms with van der Waals surface area (Å²) in [6, 6.07) is 0. The minimum atomic E-state index is -0.815. The van der Waals surface area contributed by atoms with E-state index < -0.39 is 41.6 Å². The highest BCUT2D eigenvalue weighted by Crippen LogP contribution is 2.63. The molecule has 2 spiro atoms. The smallest absolute Gasteiger partial charge is 0.201 e. The Bertz CT molecular complexity index is 1320. The van der Waals surface area contributed by atoms with Crippen molar-refractivity contribution < 1.29 is 43.2 Å². The van der Waals surface area contributed by atoms with Crippen LogP contribution >= 0.6 is 0 Å². The highest BCUT2D eigenvalue weighted by molar-refractivity contribution is 5.11. The van der Waals surface area contributed by atoms with Gasteiger partial charge in [0, 0.05) is 36.5 Å². The number of nitrogens with zero attached hydrogens (tertiary/aromatic N) is 3. The Morgan fingerprint density at radius 1 is 0.733 bits per heavy atom. The Morgan fingerprint density at radius 2 is 1.31 bits per heavy atom. The summed E-state index contributed by atoms with van der Waals surface area (Å²) >= 11 is 0. The van der Waals surface area contributed by atoms with Gasteiger partial charge in [-0.25, -0.2) is 24.2 Å². The lowest BCUT2D eigenvalue weighted by atomic mass is 9.58. The molecule has 45 heavy (non-hydrogen) atoms. The van der Waals surface area contributed by atoms with E-state index in [2.05, 4.69) is 38.0 Å². The summed E-state index contributed by atoms with van der Waals surface area (Å²) < 4.78 is 34.7. The van der Waals surface area contributed by atoms with Crippen LogP contribution in [-0.2, 0) is 49.8 Å². The molecule has 8 aliphatic heterocycles. The Balaban J connectivity index is 0.928. The van der Waals surface area contributed by atoms with Gasteiger partial charge >= 0.3 is 0 Å². The maximum Gasteiger partial charge on any atom is 0.201 e. The lowest BCUT2D eigenvalue weighted by molar-refractivity contribution is -0.577. The first-order valence-electron chi connectivity index (χ1n) is 17.5. The first-order chi connectivity index (χ1) is 21.6. The van der Waals surface area contributed by atoms with Crippen molar-refractivity contribution in [3.63, 3.8) is 0 Å². The van der Waals surface area contributed by atoms with Crippen LogP contribution in [0.5, 0.6) is 0 Å². The largest absolute Gasteiger partial charge is 0.346 e. The summed E-state index contributed by atoms with van der Waals surface area (Å²) in [5.41, 5.74) is -0.496. The summed E-state index contributed by atoms with van der Waals surface area (Å²) in [4.78, 5) is 24.5. The average Bonchev–Trinajstić information content (AvgIpc) is 3.21. The zero-order valence-corrected chi connectivity index (χ0v) is 27.4. The van der Waals surface area contributed by atoms with Gasteiger partial charge in [0.15, 0.2) is 36.3 Å². The first-order valence-corrected chi connectivity index (χ1v) is 17.5. The maximum absolute atomic E-state index is 6.76. The molecule has 0 radical (unpaired) electrons. The predicted molar refractivity (Wildman–Crippen MR) is 154 cm³/mol. The van der Waals surface area contributed by atoms with E-state index in [1.807, 2.05) is 24.7 Å². The molecular weight excluding hydrogens is 582 g/mol. The van der Waals surface area contributed by atoms with E-state index >= 15 is 0 Å². The molecule has 250 valence electrons. The van der Waals surface area contributed by atoms with E-state index in [0.29, 0.717) is 23.7 Å². The van der Waals surface area contributed by atoms with Gasteiger partial charge in [0.1, 0.15) is 5.69 Å². The molecule has 0 aromatic carbocycles. The van der Waals surface area contributed by atoms with Crippen molar-refractivity contribution >= 4 is 0 Å². The minimum Gasteiger partial charge on any atom is -0.346 e. The lowest BCUT2D eigenvalue weighted by Gasteiger charge is -2.60. The van der Waals surface area contributed by atoms with Gasteiger partial charge in [-0.05, 0) is 76.0 Å². The summed E-state index contributed by atoms with van der Waals surface area (Å²) in [6.45, 7) is 13.2. The van der Waals surface area contributed by atoms with E-state index in [-0.39, 0.29) is 36.5 Å². The average molecular weight is 632 g/mol. The number of rotatable bonds is 4. The molecule has 0 amide bonds. The second-order valence-corrected chi connectivity index (χ2v) is 16.1. The van der Waals surface area contributed by atoms with Gasteiger partial charge in [-0.1, -0.05) is 32.9 Å². The molecule has 4 bridgehead atoms. The van der Waals surface area contributed by atoms with Gasteiger partial charge in [0.2, 0.25) is 11.6 Å². The summed E-state index contributed by atoms with van der Waals surface area (Å²) in [5, 5.41) is 9.05. The van der Waals surface area contributed by atoms with Gasteiger partial charge in [-0.2, -0.15) is 0 Å². The van der Waals surface area contributed by atoms with Gasteiger partial charge in [0.25, 0.3) is 0 Å². The van der Waals surface area contributed by atoms with E-state index in [0.717, 1.165) is 57.1 Å². The molecule has 0 N–H and O–H groups in total. The van der Waals surface area contributed by atoms with E-state index in [9.17, 15) is 0 Å². The number of aromatic nitrogens is 3. The molecule has 1 unspecified atom stereocenters. The Hall–Kier alpha value is -1.22. The Morgan fingerprint density at radius 3 is 1.93 bits per heavy atom. The fourth-order valence-electron chi connectivity index (χ4n) is 10.9. The summed E-state index contributed by atoms with van der Waals surface area (Å²) in [6.07, 6.45) is 7.99. The molecule has 2 aliphatic carbocycles. The number of ether oxygens (including phenoxy) is 5.